The van der Waals surface area contributed by atoms with Gasteiger partial charge in [0.1, 0.15) is 11.5 Å². The number of halogens is 1. The van der Waals surface area contributed by atoms with E-state index in [1.165, 1.54) is 0 Å². The molecule has 5 nitrogen and oxygen atoms in total. The predicted molar refractivity (Wildman–Crippen MR) is 107 cm³/mol. The van der Waals surface area contributed by atoms with E-state index >= 15 is 0 Å². The maximum Gasteiger partial charge on any atom is 0.216 e. The molecular formula is C22H22FN5. The van der Waals surface area contributed by atoms with Crippen molar-refractivity contribution < 1.29 is 4.39 Å². The number of pyridine rings is 2. The predicted octanol–water partition coefficient (Wildman–Crippen LogP) is 4.33. The molecule has 1 N–H and O–H groups in total. The van der Waals surface area contributed by atoms with Crippen LogP contribution in [0, 0.1) is 12.9 Å². The summed E-state index contributed by atoms with van der Waals surface area (Å²) in [4.78, 5) is 20.4. The third-order valence-electron chi connectivity index (χ3n) is 4.74. The molecule has 6 heteroatoms. The van der Waals surface area contributed by atoms with Crippen LogP contribution in [0.1, 0.15) is 47.1 Å². The number of hydrogen-bond acceptors (Lipinski definition) is 4. The van der Waals surface area contributed by atoms with Gasteiger partial charge in [-0.1, -0.05) is 13.0 Å². The first kappa shape index (κ1) is 18.2. The molecule has 0 amide bonds. The number of nitrogens with one attached hydrogen (secondary N) is 1. The molecule has 0 aliphatic heterocycles. The SMILES string of the molecule is CCCc1ncc(Cc2ccc(Cc3c[nH]c4ncc(C)cc34)c(F)n2)cn1. The Labute approximate surface area is 163 Å². The monoisotopic (exact) mass is 375 g/mol. The Kier molecular flexibility index (Phi) is 5.10. The molecule has 4 aromatic rings. The molecule has 0 saturated carbocycles. The lowest BCUT2D eigenvalue weighted by atomic mass is 10.0. The molecule has 0 atom stereocenters. The second-order valence-electron chi connectivity index (χ2n) is 7.09. The summed E-state index contributed by atoms with van der Waals surface area (Å²) < 4.78 is 14.6. The summed E-state index contributed by atoms with van der Waals surface area (Å²) in [6.45, 7) is 4.10. The van der Waals surface area contributed by atoms with Gasteiger partial charge in [-0.15, -0.1) is 0 Å². The zero-order valence-electron chi connectivity index (χ0n) is 16.0. The Morgan fingerprint density at radius 2 is 1.82 bits per heavy atom. The molecule has 4 rings (SSSR count). The van der Waals surface area contributed by atoms with Gasteiger partial charge in [-0.05, 0) is 42.2 Å². The lowest BCUT2D eigenvalue weighted by Gasteiger charge is -2.06. The Hall–Kier alpha value is -3.15. The van der Waals surface area contributed by atoms with Crippen molar-refractivity contribution in [3.05, 3.63) is 82.7 Å². The van der Waals surface area contributed by atoms with Crippen molar-refractivity contribution in [1.82, 2.24) is 24.9 Å². The van der Waals surface area contributed by atoms with E-state index in [0.29, 0.717) is 24.1 Å². The fourth-order valence-electron chi connectivity index (χ4n) is 3.28. The van der Waals surface area contributed by atoms with Crippen molar-refractivity contribution in [2.45, 2.75) is 39.5 Å². The number of rotatable bonds is 6. The zero-order valence-corrected chi connectivity index (χ0v) is 16.0. The number of nitrogens with zero attached hydrogens (tertiary/aromatic N) is 4. The first-order chi connectivity index (χ1) is 13.6. The molecule has 28 heavy (non-hydrogen) atoms. The zero-order chi connectivity index (χ0) is 19.5. The smallest absolute Gasteiger partial charge is 0.216 e. The van der Waals surface area contributed by atoms with Crippen LogP contribution in [0.2, 0.25) is 0 Å². The van der Waals surface area contributed by atoms with Crippen molar-refractivity contribution >= 4 is 11.0 Å². The highest BCUT2D eigenvalue weighted by Crippen LogP contribution is 2.22. The van der Waals surface area contributed by atoms with Gasteiger partial charge in [0.15, 0.2) is 0 Å². The number of aromatic amines is 1. The van der Waals surface area contributed by atoms with E-state index in [9.17, 15) is 4.39 Å². The van der Waals surface area contributed by atoms with Gasteiger partial charge in [-0.3, -0.25) is 0 Å². The van der Waals surface area contributed by atoms with Crippen molar-refractivity contribution in [2.75, 3.05) is 0 Å². The molecule has 0 aromatic carbocycles. The van der Waals surface area contributed by atoms with Gasteiger partial charge in [0.2, 0.25) is 5.95 Å². The summed E-state index contributed by atoms with van der Waals surface area (Å²) in [5.41, 5.74) is 5.08. The van der Waals surface area contributed by atoms with Gasteiger partial charge >= 0.3 is 0 Å². The van der Waals surface area contributed by atoms with Crippen molar-refractivity contribution in [1.29, 1.82) is 0 Å². The van der Waals surface area contributed by atoms with Crippen LogP contribution in [0.25, 0.3) is 11.0 Å². The van der Waals surface area contributed by atoms with E-state index in [1.54, 1.807) is 12.4 Å². The molecule has 0 aliphatic carbocycles. The molecule has 142 valence electrons. The highest BCUT2D eigenvalue weighted by Gasteiger charge is 2.11. The van der Waals surface area contributed by atoms with Crippen LogP contribution >= 0.6 is 0 Å². The average Bonchev–Trinajstić information content (AvgIpc) is 3.08. The highest BCUT2D eigenvalue weighted by molar-refractivity contribution is 5.80. The maximum absolute atomic E-state index is 14.6. The van der Waals surface area contributed by atoms with Crippen molar-refractivity contribution in [2.24, 2.45) is 0 Å². The van der Waals surface area contributed by atoms with E-state index in [0.717, 1.165) is 46.4 Å². The number of hydrogen-bond donors (Lipinski definition) is 1. The molecule has 0 unspecified atom stereocenters. The topological polar surface area (TPSA) is 67.3 Å². The lowest BCUT2D eigenvalue weighted by molar-refractivity contribution is 0.565. The molecule has 0 radical (unpaired) electrons. The minimum atomic E-state index is -0.434. The van der Waals surface area contributed by atoms with Gasteiger partial charge in [0.05, 0.1) is 0 Å². The van der Waals surface area contributed by atoms with E-state index in [4.69, 9.17) is 0 Å². The maximum atomic E-state index is 14.6. The number of H-pyrrole nitrogens is 1. The van der Waals surface area contributed by atoms with Gasteiger partial charge in [0.25, 0.3) is 0 Å². The van der Waals surface area contributed by atoms with Gasteiger partial charge in [-0.25, -0.2) is 19.9 Å². The first-order valence-corrected chi connectivity index (χ1v) is 9.49. The Morgan fingerprint density at radius 3 is 2.57 bits per heavy atom. The molecule has 4 heterocycles. The summed E-state index contributed by atoms with van der Waals surface area (Å²) in [7, 11) is 0. The quantitative estimate of drug-likeness (QED) is 0.509. The van der Waals surface area contributed by atoms with Crippen LogP contribution in [0.5, 0.6) is 0 Å². The van der Waals surface area contributed by atoms with Crippen LogP contribution in [0.15, 0.2) is 43.0 Å². The van der Waals surface area contributed by atoms with E-state index in [1.807, 2.05) is 31.5 Å². The fourth-order valence-corrected chi connectivity index (χ4v) is 3.28. The first-order valence-electron chi connectivity index (χ1n) is 9.49. The van der Waals surface area contributed by atoms with Crippen LogP contribution in [0.4, 0.5) is 4.39 Å². The van der Waals surface area contributed by atoms with Crippen LogP contribution in [-0.4, -0.2) is 24.9 Å². The largest absolute Gasteiger partial charge is 0.346 e. The summed E-state index contributed by atoms with van der Waals surface area (Å²) in [6, 6.07) is 5.75. The van der Waals surface area contributed by atoms with Crippen LogP contribution in [-0.2, 0) is 19.3 Å². The van der Waals surface area contributed by atoms with E-state index < -0.39 is 5.95 Å². The van der Waals surface area contributed by atoms with E-state index in [2.05, 4.69) is 37.9 Å². The minimum absolute atomic E-state index is 0.434. The van der Waals surface area contributed by atoms with Crippen LogP contribution in [0.3, 0.4) is 0 Å². The number of aromatic nitrogens is 5. The third kappa shape index (κ3) is 3.91. The third-order valence-corrected chi connectivity index (χ3v) is 4.74. The number of fused-ring (bicyclic) bond motifs is 1. The van der Waals surface area contributed by atoms with Crippen LogP contribution < -0.4 is 0 Å². The summed E-state index contributed by atoms with van der Waals surface area (Å²) >= 11 is 0. The molecular weight excluding hydrogens is 353 g/mol. The molecule has 0 bridgehead atoms. The molecule has 0 aliphatic rings. The fraction of sp³-hybridized carbons (Fsp3) is 0.273. The van der Waals surface area contributed by atoms with Crippen molar-refractivity contribution in [3.8, 4) is 0 Å². The Bertz CT molecular complexity index is 1100. The van der Waals surface area contributed by atoms with Gasteiger partial charge in [-0.2, -0.15) is 4.39 Å². The standard InChI is InChI=1S/C22H22FN5/c1-3-4-20-24-11-15(12-25-20)8-18-6-5-16(21(23)28-18)9-17-13-27-22-19(17)7-14(2)10-26-22/h5-7,10-13H,3-4,8-9H2,1-2H3,(H,26,27). The minimum Gasteiger partial charge on any atom is -0.346 e. The average molecular weight is 375 g/mol. The molecule has 4 aromatic heterocycles. The van der Waals surface area contributed by atoms with Crippen molar-refractivity contribution in [3.63, 3.8) is 0 Å². The molecule has 0 saturated heterocycles. The lowest BCUT2D eigenvalue weighted by Crippen LogP contribution is -2.02. The van der Waals surface area contributed by atoms with Gasteiger partial charge in [0, 0.05) is 60.7 Å². The normalized spacial score (nSPS) is 11.2. The Balaban J connectivity index is 1.51. The van der Waals surface area contributed by atoms with Gasteiger partial charge < -0.3 is 4.98 Å². The molecule has 0 spiro atoms. The number of aryl methyl sites for hydroxylation is 2. The highest BCUT2D eigenvalue weighted by atomic mass is 19.1. The second-order valence-corrected chi connectivity index (χ2v) is 7.09. The second kappa shape index (κ2) is 7.84. The summed E-state index contributed by atoms with van der Waals surface area (Å²) in [6.07, 6.45) is 10.2. The Morgan fingerprint density at radius 1 is 1.00 bits per heavy atom. The van der Waals surface area contributed by atoms with E-state index in [-0.39, 0.29) is 0 Å². The molecule has 0 fully saturated rings. The summed E-state index contributed by atoms with van der Waals surface area (Å²) in [5, 5.41) is 1.02. The summed E-state index contributed by atoms with van der Waals surface area (Å²) in [5.74, 6) is 0.403.